The largest absolute Gasteiger partial charge is 0.0932 e. The van der Waals surface area contributed by atoms with Crippen molar-refractivity contribution in [2.45, 2.75) is 94.5 Å². The highest BCUT2D eigenvalue weighted by Gasteiger charge is 2.36. The van der Waals surface area contributed by atoms with E-state index >= 15 is 0 Å². The Bertz CT molecular complexity index is 382. The molecule has 0 unspecified atom stereocenters. The summed E-state index contributed by atoms with van der Waals surface area (Å²) >= 11 is 3.82. The van der Waals surface area contributed by atoms with Crippen molar-refractivity contribution in [2.75, 3.05) is 0 Å². The molecule has 21 heavy (non-hydrogen) atoms. The van der Waals surface area contributed by atoms with Crippen molar-refractivity contribution >= 4 is 23.9 Å². The summed E-state index contributed by atoms with van der Waals surface area (Å²) in [6.07, 6.45) is 21.0. The monoisotopic (exact) mass is 368 g/mol. The predicted molar refractivity (Wildman–Crippen MR) is 99.8 cm³/mol. The maximum Gasteiger partial charge on any atom is 0.0173 e. The Kier molecular flexibility index (Phi) is 6.02. The lowest BCUT2D eigenvalue weighted by Gasteiger charge is -2.42. The van der Waals surface area contributed by atoms with E-state index in [0.29, 0.717) is 0 Å². The second-order valence-corrected chi connectivity index (χ2v) is 11.2. The van der Waals surface area contributed by atoms with Gasteiger partial charge >= 0.3 is 0 Å². The van der Waals surface area contributed by atoms with Crippen LogP contribution in [0.1, 0.15) is 77.6 Å². The normalized spacial score (nSPS) is 26.8. The van der Waals surface area contributed by atoms with E-state index in [4.69, 9.17) is 0 Å². The summed E-state index contributed by atoms with van der Waals surface area (Å²) in [6.45, 7) is 2.57. The lowest BCUT2D eigenvalue weighted by atomic mass is 9.99. The lowest BCUT2D eigenvalue weighted by Crippen LogP contribution is -2.26. The Labute approximate surface area is 140 Å². The van der Waals surface area contributed by atoms with Gasteiger partial charge in [-0.05, 0) is 54.7 Å². The smallest absolute Gasteiger partial charge is 0.0173 e. The van der Waals surface area contributed by atoms with Crippen molar-refractivity contribution < 1.29 is 0 Å². The van der Waals surface area contributed by atoms with Gasteiger partial charge in [0.2, 0.25) is 0 Å². The lowest BCUT2D eigenvalue weighted by molar-refractivity contribution is 0.482. The highest BCUT2D eigenvalue weighted by molar-refractivity contribution is 9.11. The van der Waals surface area contributed by atoms with Crippen LogP contribution in [0.5, 0.6) is 0 Å². The molecule has 2 fully saturated rings. The van der Waals surface area contributed by atoms with Crippen molar-refractivity contribution in [1.82, 2.24) is 0 Å². The molecule has 0 aromatic heterocycles. The van der Waals surface area contributed by atoms with Crippen molar-refractivity contribution in [3.8, 4) is 0 Å². The fourth-order valence-electron chi connectivity index (χ4n) is 4.73. The first-order valence-corrected chi connectivity index (χ1v) is 11.4. The quantitative estimate of drug-likeness (QED) is 0.462. The van der Waals surface area contributed by atoms with Crippen LogP contribution in [0, 0.1) is 0 Å². The summed E-state index contributed by atoms with van der Waals surface area (Å²) < 4.78 is 1.41. The first-order chi connectivity index (χ1) is 10.3. The van der Waals surface area contributed by atoms with Gasteiger partial charge in [-0.15, -0.1) is 0 Å². The van der Waals surface area contributed by atoms with Crippen LogP contribution in [0.4, 0.5) is 0 Å². The van der Waals surface area contributed by atoms with E-state index in [1.807, 2.05) is 0 Å². The highest BCUT2D eigenvalue weighted by atomic mass is 79.9. The molecular formula is C19H30BrP. The van der Waals surface area contributed by atoms with Gasteiger partial charge in [-0.25, -0.2) is 0 Å². The van der Waals surface area contributed by atoms with Gasteiger partial charge in [0.05, 0.1) is 0 Å². The third-order valence-electron chi connectivity index (χ3n) is 5.85. The molecule has 0 aromatic rings. The van der Waals surface area contributed by atoms with Gasteiger partial charge in [0.25, 0.3) is 0 Å². The predicted octanol–water partition coefficient (Wildman–Crippen LogP) is 7.13. The highest BCUT2D eigenvalue weighted by Crippen LogP contribution is 2.61. The molecule has 3 rings (SSSR count). The number of rotatable bonds is 4. The average molecular weight is 369 g/mol. The van der Waals surface area contributed by atoms with Crippen molar-refractivity contribution in [1.29, 1.82) is 0 Å². The van der Waals surface area contributed by atoms with Gasteiger partial charge in [0.15, 0.2) is 0 Å². The number of hydrogen-bond acceptors (Lipinski definition) is 0. The van der Waals surface area contributed by atoms with E-state index in [-0.39, 0.29) is 7.92 Å². The van der Waals surface area contributed by atoms with Crippen molar-refractivity contribution in [3.63, 3.8) is 0 Å². The van der Waals surface area contributed by atoms with Gasteiger partial charge < -0.3 is 0 Å². The van der Waals surface area contributed by atoms with E-state index < -0.39 is 0 Å². The summed E-state index contributed by atoms with van der Waals surface area (Å²) in [5, 5.41) is 0. The van der Waals surface area contributed by atoms with E-state index in [9.17, 15) is 0 Å². The summed E-state index contributed by atoms with van der Waals surface area (Å²) in [5.74, 6) is 0. The molecular weight excluding hydrogens is 339 g/mol. The zero-order valence-corrected chi connectivity index (χ0v) is 16.0. The van der Waals surface area contributed by atoms with Crippen molar-refractivity contribution in [3.05, 3.63) is 22.2 Å². The summed E-state index contributed by atoms with van der Waals surface area (Å²) in [7, 11) is 0.176. The first kappa shape index (κ1) is 16.3. The summed E-state index contributed by atoms with van der Waals surface area (Å²) in [6, 6.07) is 0. The van der Waals surface area contributed by atoms with Gasteiger partial charge in [0.1, 0.15) is 0 Å². The standard InChI is InChI=1S/C19H30BrP/c1-15(18-13-8-14-19(18)20)21(16-9-4-2-5-10-16)17-11-6-3-7-12-17/h8,14-17H,2-7,9-13H2,1H3/t15-/m0/s1. The molecule has 0 aliphatic heterocycles. The van der Waals surface area contributed by atoms with E-state index in [0.717, 1.165) is 17.0 Å². The van der Waals surface area contributed by atoms with E-state index in [1.165, 1.54) is 75.1 Å². The first-order valence-electron chi connectivity index (χ1n) is 9.10. The van der Waals surface area contributed by atoms with Gasteiger partial charge in [0, 0.05) is 4.48 Å². The summed E-state index contributed by atoms with van der Waals surface area (Å²) in [4.78, 5) is 0. The van der Waals surface area contributed by atoms with Crippen LogP contribution in [0.25, 0.3) is 0 Å². The Morgan fingerprint density at radius 2 is 1.48 bits per heavy atom. The zero-order valence-electron chi connectivity index (χ0n) is 13.5. The second kappa shape index (κ2) is 7.78. The van der Waals surface area contributed by atoms with E-state index in [2.05, 4.69) is 35.0 Å². The van der Waals surface area contributed by atoms with Gasteiger partial charge in [-0.2, -0.15) is 0 Å². The molecule has 1 atom stereocenters. The molecule has 0 heterocycles. The number of allylic oxidation sites excluding steroid dienone is 4. The van der Waals surface area contributed by atoms with Crippen LogP contribution in [0.2, 0.25) is 0 Å². The maximum absolute atomic E-state index is 3.82. The Morgan fingerprint density at radius 3 is 1.90 bits per heavy atom. The maximum atomic E-state index is 3.82. The Morgan fingerprint density at radius 1 is 0.952 bits per heavy atom. The average Bonchev–Trinajstić information content (AvgIpc) is 2.96. The SMILES string of the molecule is C[C@@H](C1=C(Br)C=CC1)P(C1CCCCC1)C1CCCCC1. The third-order valence-corrected chi connectivity index (χ3v) is 10.6. The van der Waals surface area contributed by atoms with Crippen molar-refractivity contribution in [2.24, 2.45) is 0 Å². The third kappa shape index (κ3) is 3.84. The molecule has 0 N–H and O–H groups in total. The molecule has 2 heteroatoms. The van der Waals surface area contributed by atoms with Gasteiger partial charge in [-0.3, -0.25) is 0 Å². The molecule has 0 aromatic carbocycles. The molecule has 0 amide bonds. The van der Waals surface area contributed by atoms with Crippen LogP contribution in [-0.4, -0.2) is 17.0 Å². The minimum atomic E-state index is 0.176. The topological polar surface area (TPSA) is 0 Å². The number of hydrogen-bond donors (Lipinski definition) is 0. The minimum Gasteiger partial charge on any atom is -0.0932 e. The van der Waals surface area contributed by atoms with Crippen LogP contribution >= 0.6 is 23.9 Å². The molecule has 0 radical (unpaired) electrons. The fourth-order valence-corrected chi connectivity index (χ4v) is 9.99. The molecule has 0 spiro atoms. The Balaban J connectivity index is 1.78. The van der Waals surface area contributed by atoms with Crippen LogP contribution in [-0.2, 0) is 0 Å². The second-order valence-electron chi connectivity index (χ2n) is 7.19. The molecule has 2 saturated carbocycles. The number of halogens is 1. The van der Waals surface area contributed by atoms with Crippen LogP contribution in [0.15, 0.2) is 22.2 Å². The zero-order chi connectivity index (χ0) is 14.7. The van der Waals surface area contributed by atoms with Crippen LogP contribution < -0.4 is 0 Å². The molecule has 0 nitrogen and oxygen atoms in total. The van der Waals surface area contributed by atoms with Crippen LogP contribution in [0.3, 0.4) is 0 Å². The Hall–Kier alpha value is 0.390. The molecule has 118 valence electrons. The molecule has 3 aliphatic carbocycles. The van der Waals surface area contributed by atoms with Gasteiger partial charge in [-0.1, -0.05) is 81.5 Å². The molecule has 0 saturated heterocycles. The summed E-state index contributed by atoms with van der Waals surface area (Å²) in [5.41, 5.74) is 4.70. The molecule has 3 aliphatic rings. The fraction of sp³-hybridized carbons (Fsp3) is 0.789. The van der Waals surface area contributed by atoms with E-state index in [1.54, 1.807) is 5.57 Å². The molecule has 0 bridgehead atoms. The minimum absolute atomic E-state index is 0.176.